The molecule has 6 heteroatoms. The minimum atomic E-state index is -0.543. The van der Waals surface area contributed by atoms with E-state index in [4.69, 9.17) is 0 Å². The first kappa shape index (κ1) is 21.5. The van der Waals surface area contributed by atoms with Crippen LogP contribution in [-0.2, 0) is 4.79 Å². The van der Waals surface area contributed by atoms with Gasteiger partial charge in [-0.2, -0.15) is 0 Å². The fraction of sp³-hybridized carbons (Fsp3) is 0.296. The number of para-hydroxylation sites is 1. The van der Waals surface area contributed by atoms with Gasteiger partial charge in [0.25, 0.3) is 0 Å². The summed E-state index contributed by atoms with van der Waals surface area (Å²) in [5, 5.41) is 17.0. The molecule has 0 radical (unpaired) electrons. The SMILES string of the molecule is CC(=O)Nc1ccc(-c2cccc(-c3cccc(N4CCC5(CC4)CNC5)c3)c2O)cc1F. The summed E-state index contributed by atoms with van der Waals surface area (Å²) < 4.78 is 14.5. The van der Waals surface area contributed by atoms with E-state index in [9.17, 15) is 14.3 Å². The first-order chi connectivity index (χ1) is 15.9. The van der Waals surface area contributed by atoms with E-state index < -0.39 is 5.82 Å². The van der Waals surface area contributed by atoms with Crippen molar-refractivity contribution in [1.82, 2.24) is 5.32 Å². The molecule has 0 unspecified atom stereocenters. The van der Waals surface area contributed by atoms with Crippen molar-refractivity contribution in [3.8, 4) is 28.0 Å². The zero-order valence-corrected chi connectivity index (χ0v) is 18.7. The van der Waals surface area contributed by atoms with Crippen molar-refractivity contribution in [3.63, 3.8) is 0 Å². The summed E-state index contributed by atoms with van der Waals surface area (Å²) in [5.74, 6) is -0.766. The number of rotatable bonds is 4. The molecule has 0 aliphatic carbocycles. The number of halogens is 1. The van der Waals surface area contributed by atoms with Crippen LogP contribution in [0.25, 0.3) is 22.3 Å². The van der Waals surface area contributed by atoms with Gasteiger partial charge in [-0.3, -0.25) is 4.79 Å². The van der Waals surface area contributed by atoms with E-state index in [1.165, 1.54) is 31.9 Å². The maximum absolute atomic E-state index is 14.5. The molecule has 33 heavy (non-hydrogen) atoms. The van der Waals surface area contributed by atoms with Gasteiger partial charge in [0.2, 0.25) is 5.91 Å². The number of nitrogens with one attached hydrogen (secondary N) is 2. The second kappa shape index (κ2) is 8.52. The van der Waals surface area contributed by atoms with Crippen molar-refractivity contribution in [2.24, 2.45) is 5.41 Å². The number of hydrogen-bond donors (Lipinski definition) is 3. The first-order valence-electron chi connectivity index (χ1n) is 11.4. The summed E-state index contributed by atoms with van der Waals surface area (Å²) in [6.07, 6.45) is 2.40. The van der Waals surface area contributed by atoms with Gasteiger partial charge >= 0.3 is 0 Å². The van der Waals surface area contributed by atoms with Crippen LogP contribution in [-0.4, -0.2) is 37.2 Å². The second-order valence-electron chi connectivity index (χ2n) is 9.22. The molecule has 0 bridgehead atoms. The molecule has 2 saturated heterocycles. The molecule has 1 amide bonds. The molecule has 5 rings (SSSR count). The van der Waals surface area contributed by atoms with Gasteiger partial charge in [0.15, 0.2) is 0 Å². The van der Waals surface area contributed by atoms with E-state index >= 15 is 0 Å². The molecule has 2 fully saturated rings. The number of hydrogen-bond acceptors (Lipinski definition) is 4. The molecular formula is C27H28FN3O2. The van der Waals surface area contributed by atoms with Crippen molar-refractivity contribution >= 4 is 17.3 Å². The van der Waals surface area contributed by atoms with Crippen molar-refractivity contribution < 1.29 is 14.3 Å². The van der Waals surface area contributed by atoms with Crippen LogP contribution >= 0.6 is 0 Å². The number of piperidine rings is 1. The van der Waals surface area contributed by atoms with Crippen molar-refractivity contribution in [2.45, 2.75) is 19.8 Å². The lowest BCUT2D eigenvalue weighted by Crippen LogP contribution is -2.58. The third-order valence-electron chi connectivity index (χ3n) is 6.97. The number of benzene rings is 3. The highest BCUT2D eigenvalue weighted by Gasteiger charge is 2.39. The van der Waals surface area contributed by atoms with Crippen molar-refractivity contribution in [2.75, 3.05) is 36.4 Å². The summed E-state index contributed by atoms with van der Waals surface area (Å²) >= 11 is 0. The predicted octanol–water partition coefficient (Wildman–Crippen LogP) is 5.01. The highest BCUT2D eigenvalue weighted by atomic mass is 19.1. The highest BCUT2D eigenvalue weighted by molar-refractivity contribution is 5.89. The fourth-order valence-corrected chi connectivity index (χ4v) is 4.92. The van der Waals surface area contributed by atoms with E-state index in [-0.39, 0.29) is 17.3 Å². The van der Waals surface area contributed by atoms with E-state index in [0.717, 1.165) is 37.4 Å². The number of anilines is 2. The maximum atomic E-state index is 14.5. The Morgan fingerprint density at radius 1 is 1.00 bits per heavy atom. The number of phenols is 1. The number of nitrogens with zero attached hydrogens (tertiary/aromatic N) is 1. The van der Waals surface area contributed by atoms with Gasteiger partial charge in [-0.1, -0.05) is 36.4 Å². The Morgan fingerprint density at radius 2 is 1.67 bits per heavy atom. The number of carbonyl (C=O) groups is 1. The summed E-state index contributed by atoms with van der Waals surface area (Å²) in [7, 11) is 0. The van der Waals surface area contributed by atoms with Gasteiger partial charge in [-0.05, 0) is 53.6 Å². The Balaban J connectivity index is 1.42. The maximum Gasteiger partial charge on any atom is 0.221 e. The van der Waals surface area contributed by atoms with Crippen LogP contribution < -0.4 is 15.5 Å². The van der Waals surface area contributed by atoms with Crippen LogP contribution in [0.15, 0.2) is 60.7 Å². The normalized spacial score (nSPS) is 17.0. The molecule has 0 saturated carbocycles. The highest BCUT2D eigenvalue weighted by Crippen LogP contribution is 2.41. The van der Waals surface area contributed by atoms with Crippen LogP contribution in [0.1, 0.15) is 19.8 Å². The van der Waals surface area contributed by atoms with Gasteiger partial charge in [0.1, 0.15) is 11.6 Å². The summed E-state index contributed by atoms with van der Waals surface area (Å²) in [6.45, 7) is 5.68. The average Bonchev–Trinajstić information content (AvgIpc) is 2.79. The average molecular weight is 446 g/mol. The van der Waals surface area contributed by atoms with E-state index in [1.807, 2.05) is 24.3 Å². The van der Waals surface area contributed by atoms with Gasteiger partial charge in [0.05, 0.1) is 5.69 Å². The lowest BCUT2D eigenvalue weighted by atomic mass is 9.73. The molecule has 0 aromatic heterocycles. The van der Waals surface area contributed by atoms with Crippen LogP contribution in [0.4, 0.5) is 15.8 Å². The van der Waals surface area contributed by atoms with Gasteiger partial charge in [0, 0.05) is 49.9 Å². The molecule has 3 aromatic carbocycles. The smallest absolute Gasteiger partial charge is 0.221 e. The van der Waals surface area contributed by atoms with E-state index in [2.05, 4.69) is 27.7 Å². The number of carbonyl (C=O) groups excluding carboxylic acids is 1. The first-order valence-corrected chi connectivity index (χ1v) is 11.4. The summed E-state index contributed by atoms with van der Waals surface area (Å²) in [6, 6.07) is 18.3. The van der Waals surface area contributed by atoms with Crippen molar-refractivity contribution in [3.05, 3.63) is 66.5 Å². The minimum absolute atomic E-state index is 0.111. The zero-order valence-electron chi connectivity index (χ0n) is 18.7. The van der Waals surface area contributed by atoms with Crippen LogP contribution in [0.5, 0.6) is 5.75 Å². The number of aromatic hydroxyl groups is 1. The van der Waals surface area contributed by atoms with Crippen LogP contribution in [0.3, 0.4) is 0 Å². The van der Waals surface area contributed by atoms with Crippen LogP contribution in [0, 0.1) is 11.2 Å². The monoisotopic (exact) mass is 445 g/mol. The molecule has 2 aliphatic heterocycles. The molecule has 1 spiro atoms. The van der Waals surface area contributed by atoms with E-state index in [1.54, 1.807) is 12.1 Å². The second-order valence-corrected chi connectivity index (χ2v) is 9.22. The third kappa shape index (κ3) is 4.18. The minimum Gasteiger partial charge on any atom is -0.507 e. The molecule has 2 heterocycles. The van der Waals surface area contributed by atoms with Crippen LogP contribution in [0.2, 0.25) is 0 Å². The quantitative estimate of drug-likeness (QED) is 0.528. The van der Waals surface area contributed by atoms with Gasteiger partial charge in [-0.15, -0.1) is 0 Å². The lowest BCUT2D eigenvalue weighted by molar-refractivity contribution is -0.114. The summed E-state index contributed by atoms with van der Waals surface area (Å²) in [5.41, 5.74) is 4.49. The standard InChI is InChI=1S/C27H28FN3O2/c1-18(32)30-25-9-8-20(15-24(25)28)23-7-3-6-22(26(23)33)19-4-2-5-21(14-19)31-12-10-27(11-13-31)16-29-17-27/h2-9,14-15,29,33H,10-13,16-17H2,1H3,(H,30,32). The summed E-state index contributed by atoms with van der Waals surface area (Å²) in [4.78, 5) is 13.7. The molecule has 3 N–H and O–H groups in total. The molecule has 170 valence electrons. The zero-order chi connectivity index (χ0) is 23.0. The molecular weight excluding hydrogens is 417 g/mol. The fourth-order valence-electron chi connectivity index (χ4n) is 4.92. The predicted molar refractivity (Wildman–Crippen MR) is 130 cm³/mol. The number of amides is 1. The third-order valence-corrected chi connectivity index (χ3v) is 6.97. The Labute approximate surface area is 193 Å². The van der Waals surface area contributed by atoms with Gasteiger partial charge in [-0.25, -0.2) is 4.39 Å². The van der Waals surface area contributed by atoms with E-state index in [0.29, 0.717) is 22.1 Å². The van der Waals surface area contributed by atoms with Crippen molar-refractivity contribution in [1.29, 1.82) is 0 Å². The Bertz CT molecular complexity index is 1200. The largest absolute Gasteiger partial charge is 0.507 e. The molecule has 3 aromatic rings. The molecule has 0 atom stereocenters. The number of phenolic OH excluding ortho intramolecular Hbond substituents is 1. The molecule has 2 aliphatic rings. The Hall–Kier alpha value is -3.38. The topological polar surface area (TPSA) is 64.6 Å². The molecule has 5 nitrogen and oxygen atoms in total. The lowest BCUT2D eigenvalue weighted by Gasteiger charge is -2.49. The van der Waals surface area contributed by atoms with Gasteiger partial charge < -0.3 is 20.6 Å². The Morgan fingerprint density at radius 3 is 2.27 bits per heavy atom. The Kier molecular flexibility index (Phi) is 5.54.